The van der Waals surface area contributed by atoms with Crippen molar-refractivity contribution < 1.29 is 9.90 Å². The first-order valence-corrected chi connectivity index (χ1v) is 7.25. The molecule has 1 saturated heterocycles. The number of likely N-dealkylation sites (tertiary alicyclic amines) is 1. The molecule has 1 aliphatic rings. The van der Waals surface area contributed by atoms with Crippen molar-refractivity contribution in [3.05, 3.63) is 54.1 Å². The van der Waals surface area contributed by atoms with Gasteiger partial charge in [0, 0.05) is 18.9 Å². The molecule has 0 aliphatic carbocycles. The van der Waals surface area contributed by atoms with Crippen molar-refractivity contribution in [2.24, 2.45) is 0 Å². The van der Waals surface area contributed by atoms with Gasteiger partial charge in [0.2, 0.25) is 0 Å². The molecule has 1 aromatic carbocycles. The molecule has 0 radical (unpaired) electrons. The minimum Gasteiger partial charge on any atom is -0.480 e. The van der Waals surface area contributed by atoms with Crippen molar-refractivity contribution in [2.75, 3.05) is 6.54 Å². The lowest BCUT2D eigenvalue weighted by Gasteiger charge is -2.21. The Morgan fingerprint density at radius 3 is 2.86 bits per heavy atom. The second kappa shape index (κ2) is 6.10. The average Bonchev–Trinajstić information content (AvgIpc) is 3.11. The van der Waals surface area contributed by atoms with Crippen molar-refractivity contribution in [3.63, 3.8) is 0 Å². The van der Waals surface area contributed by atoms with E-state index in [1.807, 2.05) is 29.3 Å². The summed E-state index contributed by atoms with van der Waals surface area (Å²) in [6, 6.07) is 9.84. The molecule has 1 N–H and O–H groups in total. The maximum Gasteiger partial charge on any atom is 0.320 e. The zero-order valence-electron chi connectivity index (χ0n) is 11.9. The van der Waals surface area contributed by atoms with Crippen LogP contribution >= 0.6 is 0 Å². The van der Waals surface area contributed by atoms with Gasteiger partial charge in [-0.25, -0.2) is 4.98 Å². The maximum absolute atomic E-state index is 11.2. The molecule has 5 heteroatoms. The van der Waals surface area contributed by atoms with Gasteiger partial charge in [0.25, 0.3) is 0 Å². The fourth-order valence-electron chi connectivity index (χ4n) is 2.89. The van der Waals surface area contributed by atoms with Crippen LogP contribution in [0.15, 0.2) is 42.7 Å². The molecular formula is C16H19N3O2. The Hall–Kier alpha value is -2.14. The summed E-state index contributed by atoms with van der Waals surface area (Å²) in [6.07, 6.45) is 5.41. The predicted octanol–water partition coefficient (Wildman–Crippen LogP) is 1.98. The molecule has 2 aromatic rings. The number of carboxylic acids is 1. The van der Waals surface area contributed by atoms with Crippen LogP contribution in [0.1, 0.15) is 24.2 Å². The SMILES string of the molecule is O=C(O)[C@H]1CCCN1Cc1nccn1Cc1ccccc1. The zero-order chi connectivity index (χ0) is 14.7. The number of benzene rings is 1. The van der Waals surface area contributed by atoms with Crippen molar-refractivity contribution >= 4 is 5.97 Å². The smallest absolute Gasteiger partial charge is 0.320 e. The molecule has 3 rings (SSSR count). The van der Waals surface area contributed by atoms with E-state index < -0.39 is 5.97 Å². The van der Waals surface area contributed by atoms with Gasteiger partial charge in [-0.05, 0) is 24.9 Å². The Balaban J connectivity index is 1.72. The molecule has 1 aliphatic heterocycles. The second-order valence-corrected chi connectivity index (χ2v) is 5.42. The molecule has 5 nitrogen and oxygen atoms in total. The minimum absolute atomic E-state index is 0.369. The number of aromatic nitrogens is 2. The largest absolute Gasteiger partial charge is 0.480 e. The van der Waals surface area contributed by atoms with E-state index >= 15 is 0 Å². The Kier molecular flexibility index (Phi) is 4.01. The van der Waals surface area contributed by atoms with Crippen molar-refractivity contribution in [2.45, 2.75) is 32.0 Å². The highest BCUT2D eigenvalue weighted by Crippen LogP contribution is 2.20. The van der Waals surface area contributed by atoms with Crippen LogP contribution in [0.25, 0.3) is 0 Å². The third kappa shape index (κ3) is 3.13. The third-order valence-corrected chi connectivity index (χ3v) is 3.99. The lowest BCUT2D eigenvalue weighted by atomic mass is 10.2. The van der Waals surface area contributed by atoms with Gasteiger partial charge in [-0.2, -0.15) is 0 Å². The van der Waals surface area contributed by atoms with Crippen LogP contribution in [0.2, 0.25) is 0 Å². The van der Waals surface area contributed by atoms with Crippen molar-refractivity contribution in [1.82, 2.24) is 14.5 Å². The lowest BCUT2D eigenvalue weighted by molar-refractivity contribution is -0.142. The number of nitrogens with zero attached hydrogens (tertiary/aromatic N) is 3. The second-order valence-electron chi connectivity index (χ2n) is 5.42. The Morgan fingerprint density at radius 2 is 2.10 bits per heavy atom. The first-order valence-electron chi connectivity index (χ1n) is 7.25. The number of hydrogen-bond donors (Lipinski definition) is 1. The molecule has 1 atom stereocenters. The quantitative estimate of drug-likeness (QED) is 0.912. The highest BCUT2D eigenvalue weighted by molar-refractivity contribution is 5.73. The first-order chi connectivity index (χ1) is 10.2. The minimum atomic E-state index is -0.728. The van der Waals surface area contributed by atoms with E-state index in [0.717, 1.165) is 31.8 Å². The van der Waals surface area contributed by atoms with Gasteiger partial charge in [0.05, 0.1) is 6.54 Å². The third-order valence-electron chi connectivity index (χ3n) is 3.99. The van der Waals surface area contributed by atoms with Crippen LogP contribution in [0.4, 0.5) is 0 Å². The molecular weight excluding hydrogens is 266 g/mol. The van der Waals surface area contributed by atoms with E-state index in [1.54, 1.807) is 6.20 Å². The number of carbonyl (C=O) groups is 1. The van der Waals surface area contributed by atoms with Crippen molar-refractivity contribution in [3.8, 4) is 0 Å². The lowest BCUT2D eigenvalue weighted by Crippen LogP contribution is -2.36. The summed E-state index contributed by atoms with van der Waals surface area (Å²) in [5, 5.41) is 9.25. The average molecular weight is 285 g/mol. The van der Waals surface area contributed by atoms with Crippen LogP contribution in [0.3, 0.4) is 0 Å². The molecule has 0 bridgehead atoms. The Labute approximate surface area is 123 Å². The number of aliphatic carboxylic acids is 1. The summed E-state index contributed by atoms with van der Waals surface area (Å²) in [5.41, 5.74) is 1.22. The fourth-order valence-corrected chi connectivity index (χ4v) is 2.89. The van der Waals surface area contributed by atoms with Gasteiger partial charge in [0.15, 0.2) is 0 Å². The van der Waals surface area contributed by atoms with E-state index in [2.05, 4.69) is 21.7 Å². The van der Waals surface area contributed by atoms with Gasteiger partial charge >= 0.3 is 5.97 Å². The van der Waals surface area contributed by atoms with Gasteiger partial charge in [-0.1, -0.05) is 30.3 Å². The number of carboxylic acid groups (broad SMARTS) is 1. The van der Waals surface area contributed by atoms with Crippen LogP contribution in [-0.2, 0) is 17.9 Å². The Bertz CT molecular complexity index is 609. The van der Waals surface area contributed by atoms with Crippen LogP contribution in [0, 0.1) is 0 Å². The van der Waals surface area contributed by atoms with E-state index in [-0.39, 0.29) is 6.04 Å². The van der Waals surface area contributed by atoms with Crippen LogP contribution in [-0.4, -0.2) is 38.1 Å². The molecule has 0 amide bonds. The van der Waals surface area contributed by atoms with Crippen LogP contribution in [0.5, 0.6) is 0 Å². The summed E-state index contributed by atoms with van der Waals surface area (Å²) >= 11 is 0. The zero-order valence-corrected chi connectivity index (χ0v) is 11.9. The maximum atomic E-state index is 11.2. The predicted molar refractivity (Wildman–Crippen MR) is 78.8 cm³/mol. The van der Waals surface area contributed by atoms with Gasteiger partial charge < -0.3 is 9.67 Å². The number of rotatable bonds is 5. The van der Waals surface area contributed by atoms with E-state index in [9.17, 15) is 9.90 Å². The van der Waals surface area contributed by atoms with E-state index in [0.29, 0.717) is 6.54 Å². The summed E-state index contributed by atoms with van der Waals surface area (Å²) in [5.74, 6) is 0.195. The monoisotopic (exact) mass is 285 g/mol. The van der Waals surface area contributed by atoms with Crippen molar-refractivity contribution in [1.29, 1.82) is 0 Å². The van der Waals surface area contributed by atoms with Gasteiger partial charge in [-0.3, -0.25) is 9.69 Å². The molecule has 1 aromatic heterocycles. The Morgan fingerprint density at radius 1 is 1.29 bits per heavy atom. The molecule has 0 saturated carbocycles. The highest BCUT2D eigenvalue weighted by atomic mass is 16.4. The van der Waals surface area contributed by atoms with Crippen LogP contribution < -0.4 is 0 Å². The standard InChI is InChI=1S/C16H19N3O2/c20-16(21)14-7-4-9-18(14)12-15-17-8-10-19(15)11-13-5-2-1-3-6-13/h1-3,5-6,8,10,14H,4,7,9,11-12H2,(H,20,21)/t14-/m1/s1. The molecule has 0 spiro atoms. The summed E-state index contributed by atoms with van der Waals surface area (Å²) in [6.45, 7) is 2.19. The normalized spacial score (nSPS) is 19.0. The highest BCUT2D eigenvalue weighted by Gasteiger charge is 2.31. The van der Waals surface area contributed by atoms with Gasteiger partial charge in [0.1, 0.15) is 11.9 Å². The molecule has 2 heterocycles. The number of imidazole rings is 1. The molecule has 21 heavy (non-hydrogen) atoms. The fraction of sp³-hybridized carbons (Fsp3) is 0.375. The number of hydrogen-bond acceptors (Lipinski definition) is 3. The molecule has 1 fully saturated rings. The first kappa shape index (κ1) is 13.8. The van der Waals surface area contributed by atoms with Gasteiger partial charge in [-0.15, -0.1) is 0 Å². The van der Waals surface area contributed by atoms with E-state index in [1.165, 1.54) is 5.56 Å². The van der Waals surface area contributed by atoms with E-state index in [4.69, 9.17) is 0 Å². The summed E-state index contributed by atoms with van der Waals surface area (Å²) in [7, 11) is 0. The molecule has 0 unspecified atom stereocenters. The topological polar surface area (TPSA) is 58.4 Å². The molecule has 110 valence electrons. The summed E-state index contributed by atoms with van der Waals surface area (Å²) in [4.78, 5) is 17.7. The summed E-state index contributed by atoms with van der Waals surface area (Å²) < 4.78 is 2.09.